The second kappa shape index (κ2) is 8.10. The molecule has 0 saturated carbocycles. The molecule has 1 aromatic heterocycles. The lowest BCUT2D eigenvalue weighted by Gasteiger charge is -2.26. The number of benzene rings is 1. The summed E-state index contributed by atoms with van der Waals surface area (Å²) in [6.45, 7) is 0. The number of hydrogen-bond acceptors (Lipinski definition) is 2. The van der Waals surface area contributed by atoms with Gasteiger partial charge in [-0.05, 0) is 74.1 Å². The number of nitrogens with zero attached hydrogens (tertiary/aromatic N) is 1. The van der Waals surface area contributed by atoms with Crippen LogP contribution in [0, 0.1) is 5.92 Å². The largest absolute Gasteiger partial charge is 0.481 e. The molecule has 4 rings (SSSR count). The summed E-state index contributed by atoms with van der Waals surface area (Å²) in [5.74, 6) is -1.32. The highest BCUT2D eigenvalue weighted by atomic mass is 35.5. The van der Waals surface area contributed by atoms with Crippen molar-refractivity contribution in [2.24, 2.45) is 5.92 Å². The number of aliphatic carboxylic acids is 1. The Morgan fingerprint density at radius 3 is 2.73 bits per heavy atom. The third-order valence-electron chi connectivity index (χ3n) is 6.21. The average molecular weight is 439 g/mol. The van der Waals surface area contributed by atoms with Crippen LogP contribution in [0.4, 0.5) is 13.2 Å². The van der Waals surface area contributed by atoms with E-state index in [1.807, 2.05) is 6.08 Å². The Bertz CT molecular complexity index is 997. The number of nitrogens with one attached hydrogen (secondary N) is 1. The van der Waals surface area contributed by atoms with Crippen LogP contribution >= 0.6 is 11.6 Å². The summed E-state index contributed by atoms with van der Waals surface area (Å²) in [5.41, 5.74) is 3.12. The number of aromatic nitrogens is 2. The van der Waals surface area contributed by atoms with Crippen LogP contribution in [0.3, 0.4) is 0 Å². The fraction of sp³-hybridized carbons (Fsp3) is 0.455. The Balaban J connectivity index is 1.68. The van der Waals surface area contributed by atoms with Crippen molar-refractivity contribution in [3.8, 4) is 0 Å². The van der Waals surface area contributed by atoms with E-state index >= 15 is 0 Å². The molecular formula is C22H22ClF3N2O2. The van der Waals surface area contributed by atoms with Crippen LogP contribution in [0.15, 0.2) is 24.3 Å². The number of alkyl halides is 3. The molecule has 30 heavy (non-hydrogen) atoms. The predicted octanol–water partition coefficient (Wildman–Crippen LogP) is 6.01. The number of carboxylic acids is 1. The number of allylic oxidation sites excluding steroid dienone is 2. The predicted molar refractivity (Wildman–Crippen MR) is 107 cm³/mol. The van der Waals surface area contributed by atoms with Gasteiger partial charge in [-0.3, -0.25) is 9.89 Å². The van der Waals surface area contributed by atoms with E-state index in [2.05, 4.69) is 10.2 Å². The van der Waals surface area contributed by atoms with Gasteiger partial charge >= 0.3 is 12.1 Å². The van der Waals surface area contributed by atoms with Crippen LogP contribution in [-0.4, -0.2) is 21.3 Å². The lowest BCUT2D eigenvalue weighted by atomic mass is 9.78. The Hall–Kier alpha value is -2.28. The second-order valence-corrected chi connectivity index (χ2v) is 8.47. The molecule has 0 fully saturated rings. The molecule has 1 heterocycles. The number of H-pyrrole nitrogens is 1. The highest BCUT2D eigenvalue weighted by Gasteiger charge is 2.36. The minimum atomic E-state index is -4.46. The van der Waals surface area contributed by atoms with Crippen LogP contribution in [0.25, 0.3) is 5.57 Å². The fourth-order valence-corrected chi connectivity index (χ4v) is 4.94. The summed E-state index contributed by atoms with van der Waals surface area (Å²) >= 11 is 6.20. The van der Waals surface area contributed by atoms with Gasteiger partial charge in [-0.1, -0.05) is 23.7 Å². The quantitative estimate of drug-likeness (QED) is 0.614. The van der Waals surface area contributed by atoms with Gasteiger partial charge in [-0.25, -0.2) is 0 Å². The van der Waals surface area contributed by atoms with Gasteiger partial charge in [0.15, 0.2) is 0 Å². The van der Waals surface area contributed by atoms with Crippen molar-refractivity contribution in [3.05, 3.63) is 57.4 Å². The molecular weight excluding hydrogens is 417 g/mol. The van der Waals surface area contributed by atoms with Gasteiger partial charge in [0.2, 0.25) is 0 Å². The first-order valence-electron chi connectivity index (χ1n) is 10.1. The minimum absolute atomic E-state index is 0.124. The van der Waals surface area contributed by atoms with Gasteiger partial charge < -0.3 is 5.11 Å². The van der Waals surface area contributed by atoms with Crippen molar-refractivity contribution < 1.29 is 23.1 Å². The SMILES string of the molecule is O=C(O)C1CC=C(c2n[nH]c3c2C(Cc2c(Cl)cccc2C(F)(F)F)CCC3)CC1. The molecule has 0 radical (unpaired) electrons. The number of rotatable bonds is 4. The molecule has 2 unspecified atom stereocenters. The molecule has 0 amide bonds. The van der Waals surface area contributed by atoms with Crippen LogP contribution in [0.5, 0.6) is 0 Å². The Labute approximate surface area is 177 Å². The Morgan fingerprint density at radius 1 is 1.27 bits per heavy atom. The standard InChI is InChI=1S/C22H22ClF3N2O2/c23-17-5-2-4-16(22(24,25)26)15(17)11-14-3-1-6-18-19(14)20(28-27-18)12-7-9-13(10-8-12)21(29)30/h2,4-5,7,13-14H,1,3,6,8-11H2,(H,27,28)(H,29,30). The zero-order chi connectivity index (χ0) is 21.5. The summed E-state index contributed by atoms with van der Waals surface area (Å²) in [6.07, 6.45) is 1.66. The lowest BCUT2D eigenvalue weighted by molar-refractivity contribution is -0.142. The number of hydrogen-bond donors (Lipinski definition) is 2. The molecule has 2 aromatic rings. The first-order valence-corrected chi connectivity index (χ1v) is 10.5. The van der Waals surface area contributed by atoms with E-state index < -0.39 is 23.6 Å². The van der Waals surface area contributed by atoms with Crippen molar-refractivity contribution in [1.29, 1.82) is 0 Å². The van der Waals surface area contributed by atoms with Gasteiger partial charge in [-0.15, -0.1) is 0 Å². The van der Waals surface area contributed by atoms with Crippen molar-refractivity contribution >= 4 is 23.1 Å². The van der Waals surface area contributed by atoms with E-state index in [4.69, 9.17) is 11.6 Å². The molecule has 2 atom stereocenters. The first-order chi connectivity index (χ1) is 14.3. The number of aryl methyl sites for hydroxylation is 1. The summed E-state index contributed by atoms with van der Waals surface area (Å²) in [6, 6.07) is 3.91. The molecule has 8 heteroatoms. The topological polar surface area (TPSA) is 66.0 Å². The maximum absolute atomic E-state index is 13.6. The number of carbonyl (C=O) groups is 1. The minimum Gasteiger partial charge on any atom is -0.481 e. The van der Waals surface area contributed by atoms with Crippen molar-refractivity contribution in [1.82, 2.24) is 10.2 Å². The zero-order valence-corrected chi connectivity index (χ0v) is 17.0. The van der Waals surface area contributed by atoms with Crippen molar-refractivity contribution in [2.45, 2.75) is 57.0 Å². The number of carboxylic acid groups (broad SMARTS) is 1. The van der Waals surface area contributed by atoms with Gasteiger partial charge in [-0.2, -0.15) is 18.3 Å². The molecule has 4 nitrogen and oxygen atoms in total. The lowest BCUT2D eigenvalue weighted by Crippen LogP contribution is -2.18. The van der Waals surface area contributed by atoms with Gasteiger partial charge in [0.25, 0.3) is 0 Å². The molecule has 2 aliphatic rings. The molecule has 2 N–H and O–H groups in total. The second-order valence-electron chi connectivity index (χ2n) is 8.06. The Kier molecular flexibility index (Phi) is 5.66. The molecule has 0 spiro atoms. The maximum Gasteiger partial charge on any atom is 0.416 e. The van der Waals surface area contributed by atoms with Crippen LogP contribution in [0.1, 0.15) is 66.1 Å². The molecule has 0 saturated heterocycles. The Morgan fingerprint density at radius 2 is 2.07 bits per heavy atom. The molecule has 0 bridgehead atoms. The molecule has 2 aliphatic carbocycles. The van der Waals surface area contributed by atoms with E-state index in [9.17, 15) is 23.1 Å². The van der Waals surface area contributed by atoms with Crippen LogP contribution < -0.4 is 0 Å². The van der Waals surface area contributed by atoms with E-state index in [-0.39, 0.29) is 22.9 Å². The van der Waals surface area contributed by atoms with E-state index in [1.165, 1.54) is 12.1 Å². The molecule has 1 aromatic carbocycles. The summed E-state index contributed by atoms with van der Waals surface area (Å²) in [7, 11) is 0. The summed E-state index contributed by atoms with van der Waals surface area (Å²) < 4.78 is 40.7. The van der Waals surface area contributed by atoms with Crippen LogP contribution in [0.2, 0.25) is 5.02 Å². The van der Waals surface area contributed by atoms with Gasteiger partial charge in [0, 0.05) is 16.3 Å². The first kappa shape index (κ1) is 21.0. The highest BCUT2D eigenvalue weighted by molar-refractivity contribution is 6.31. The van der Waals surface area contributed by atoms with Crippen LogP contribution in [-0.2, 0) is 23.8 Å². The fourth-order valence-electron chi connectivity index (χ4n) is 4.69. The van der Waals surface area contributed by atoms with Crippen molar-refractivity contribution in [2.75, 3.05) is 0 Å². The van der Waals surface area contributed by atoms with E-state index in [0.717, 1.165) is 47.9 Å². The monoisotopic (exact) mass is 438 g/mol. The van der Waals surface area contributed by atoms with Crippen molar-refractivity contribution in [3.63, 3.8) is 0 Å². The van der Waals surface area contributed by atoms with E-state index in [0.29, 0.717) is 19.3 Å². The smallest absolute Gasteiger partial charge is 0.416 e. The normalized spacial score (nSPS) is 21.8. The molecule has 0 aliphatic heterocycles. The summed E-state index contributed by atoms with van der Waals surface area (Å²) in [5, 5.41) is 16.9. The third-order valence-corrected chi connectivity index (χ3v) is 6.56. The maximum atomic E-state index is 13.6. The highest BCUT2D eigenvalue weighted by Crippen LogP contribution is 2.43. The average Bonchev–Trinajstić information content (AvgIpc) is 3.14. The molecule has 160 valence electrons. The number of fused-ring (bicyclic) bond motifs is 1. The summed E-state index contributed by atoms with van der Waals surface area (Å²) in [4.78, 5) is 11.2. The number of halogens is 4. The van der Waals surface area contributed by atoms with E-state index in [1.54, 1.807) is 0 Å². The zero-order valence-electron chi connectivity index (χ0n) is 16.2. The number of aromatic amines is 1. The van der Waals surface area contributed by atoms with Gasteiger partial charge in [0.1, 0.15) is 0 Å². The van der Waals surface area contributed by atoms with Gasteiger partial charge in [0.05, 0.1) is 17.2 Å². The third kappa shape index (κ3) is 4.00.